The Kier molecular flexibility index (Phi) is 4.96. The molecule has 0 aliphatic heterocycles. The molecule has 0 aliphatic rings. The fourth-order valence-electron chi connectivity index (χ4n) is 2.59. The molecule has 1 aromatic heterocycles. The zero-order valence-electron chi connectivity index (χ0n) is 14.1. The zero-order valence-corrected chi connectivity index (χ0v) is 14.1. The van der Waals surface area contributed by atoms with Gasteiger partial charge in [0.15, 0.2) is 0 Å². The number of rotatable bonds is 5. The minimum atomic E-state index is -0.227. The van der Waals surface area contributed by atoms with Gasteiger partial charge in [-0.2, -0.15) is 5.10 Å². The van der Waals surface area contributed by atoms with Gasteiger partial charge in [0.05, 0.1) is 17.8 Å². The van der Waals surface area contributed by atoms with E-state index < -0.39 is 0 Å². The van der Waals surface area contributed by atoms with Crippen molar-refractivity contribution in [3.8, 4) is 29.3 Å². The van der Waals surface area contributed by atoms with Crippen molar-refractivity contribution in [3.63, 3.8) is 0 Å². The summed E-state index contributed by atoms with van der Waals surface area (Å²) < 4.78 is 1.72. The van der Waals surface area contributed by atoms with Crippen LogP contribution in [-0.4, -0.2) is 22.2 Å². The molecule has 0 bridgehead atoms. The van der Waals surface area contributed by atoms with E-state index in [-0.39, 0.29) is 12.5 Å². The predicted octanol–water partition coefficient (Wildman–Crippen LogP) is 3.46. The number of terminal acetylenes is 1. The Morgan fingerprint density at radius 2 is 1.88 bits per heavy atom. The highest BCUT2D eigenvalue weighted by molar-refractivity contribution is 6.00. The van der Waals surface area contributed by atoms with E-state index in [0.29, 0.717) is 11.3 Å². The van der Waals surface area contributed by atoms with E-state index in [0.717, 1.165) is 17.7 Å². The van der Waals surface area contributed by atoms with Gasteiger partial charge in [-0.1, -0.05) is 55.3 Å². The topological polar surface area (TPSA) is 46.9 Å². The first-order valence-electron chi connectivity index (χ1n) is 8.19. The van der Waals surface area contributed by atoms with Gasteiger partial charge in [-0.3, -0.25) is 4.79 Å². The van der Waals surface area contributed by atoms with Crippen molar-refractivity contribution in [2.45, 2.75) is 13.3 Å². The maximum atomic E-state index is 12.5. The number of carbonyl (C=O) groups excluding carboxylic acids is 1. The molecule has 4 nitrogen and oxygen atoms in total. The second-order valence-corrected chi connectivity index (χ2v) is 5.61. The zero-order chi connectivity index (χ0) is 17.6. The molecule has 1 amide bonds. The Bertz CT molecular complexity index is 903. The van der Waals surface area contributed by atoms with Crippen molar-refractivity contribution in [3.05, 3.63) is 71.9 Å². The van der Waals surface area contributed by atoms with Crippen LogP contribution in [0.5, 0.6) is 0 Å². The lowest BCUT2D eigenvalue weighted by atomic mass is 10.0. The Hall–Kier alpha value is -3.32. The normalized spacial score (nSPS) is 10.2. The number of amides is 1. The van der Waals surface area contributed by atoms with Crippen molar-refractivity contribution >= 4 is 5.91 Å². The van der Waals surface area contributed by atoms with Crippen LogP contribution in [0.25, 0.3) is 16.9 Å². The summed E-state index contributed by atoms with van der Waals surface area (Å²) in [5, 5.41) is 7.36. The maximum Gasteiger partial charge on any atom is 0.255 e. The first kappa shape index (κ1) is 16.5. The van der Waals surface area contributed by atoms with Crippen LogP contribution in [-0.2, 0) is 6.42 Å². The molecule has 1 heterocycles. The molecule has 0 atom stereocenters. The minimum Gasteiger partial charge on any atom is -0.341 e. The Balaban J connectivity index is 2.06. The third-order valence-electron chi connectivity index (χ3n) is 3.97. The summed E-state index contributed by atoms with van der Waals surface area (Å²) in [6.45, 7) is 2.29. The fraction of sp³-hybridized carbons (Fsp3) is 0.143. The molecule has 25 heavy (non-hydrogen) atoms. The van der Waals surface area contributed by atoms with E-state index in [1.165, 1.54) is 5.56 Å². The Labute approximate surface area is 147 Å². The number of carbonyl (C=O) groups is 1. The largest absolute Gasteiger partial charge is 0.341 e. The molecule has 1 N–H and O–H groups in total. The van der Waals surface area contributed by atoms with E-state index in [1.807, 2.05) is 42.5 Å². The van der Waals surface area contributed by atoms with Crippen LogP contribution < -0.4 is 5.32 Å². The molecule has 0 saturated carbocycles. The molecule has 0 unspecified atom stereocenters. The van der Waals surface area contributed by atoms with Crippen molar-refractivity contribution in [1.29, 1.82) is 0 Å². The number of para-hydroxylation sites is 1. The summed E-state index contributed by atoms with van der Waals surface area (Å²) in [5.41, 5.74) is 4.18. The summed E-state index contributed by atoms with van der Waals surface area (Å²) in [6.07, 6.45) is 7.95. The number of aromatic nitrogens is 2. The van der Waals surface area contributed by atoms with E-state index in [9.17, 15) is 4.79 Å². The van der Waals surface area contributed by atoms with Gasteiger partial charge in [-0.25, -0.2) is 4.68 Å². The second kappa shape index (κ2) is 7.50. The van der Waals surface area contributed by atoms with Crippen LogP contribution in [0.1, 0.15) is 22.8 Å². The molecule has 0 aliphatic carbocycles. The molecular formula is C21H19N3O. The lowest BCUT2D eigenvalue weighted by molar-refractivity contribution is 0.0959. The molecule has 0 fully saturated rings. The minimum absolute atomic E-state index is 0.184. The Morgan fingerprint density at radius 1 is 1.16 bits per heavy atom. The summed E-state index contributed by atoms with van der Waals surface area (Å²) >= 11 is 0. The number of aryl methyl sites for hydroxylation is 1. The SMILES string of the molecule is C#CCNC(=O)c1cn(-c2ccccc2)nc1-c1ccc(CC)cc1. The first-order chi connectivity index (χ1) is 12.2. The van der Waals surface area contributed by atoms with Crippen LogP contribution in [0, 0.1) is 12.3 Å². The number of hydrogen-bond donors (Lipinski definition) is 1. The van der Waals surface area contributed by atoms with Gasteiger partial charge in [0.1, 0.15) is 5.69 Å². The first-order valence-corrected chi connectivity index (χ1v) is 8.19. The molecule has 3 aromatic rings. The van der Waals surface area contributed by atoms with Gasteiger partial charge in [0, 0.05) is 11.8 Å². The van der Waals surface area contributed by atoms with E-state index in [4.69, 9.17) is 6.42 Å². The average molecular weight is 329 g/mol. The second-order valence-electron chi connectivity index (χ2n) is 5.61. The smallest absolute Gasteiger partial charge is 0.255 e. The number of nitrogens with zero attached hydrogens (tertiary/aromatic N) is 2. The van der Waals surface area contributed by atoms with Crippen LogP contribution in [0.4, 0.5) is 0 Å². The van der Waals surface area contributed by atoms with E-state index in [1.54, 1.807) is 10.9 Å². The number of hydrogen-bond acceptors (Lipinski definition) is 2. The number of benzene rings is 2. The fourth-order valence-corrected chi connectivity index (χ4v) is 2.59. The summed E-state index contributed by atoms with van der Waals surface area (Å²) in [6, 6.07) is 17.8. The van der Waals surface area contributed by atoms with Gasteiger partial charge in [-0.05, 0) is 24.1 Å². The molecule has 3 rings (SSSR count). The summed E-state index contributed by atoms with van der Waals surface area (Å²) in [4.78, 5) is 12.5. The predicted molar refractivity (Wildman–Crippen MR) is 99.5 cm³/mol. The molecule has 0 saturated heterocycles. The standard InChI is InChI=1S/C21H19N3O/c1-3-14-22-21(25)19-15-24(18-8-6-5-7-9-18)23-20(19)17-12-10-16(4-2)11-13-17/h1,5-13,15H,4,14H2,2H3,(H,22,25). The third-order valence-corrected chi connectivity index (χ3v) is 3.97. The Morgan fingerprint density at radius 3 is 2.52 bits per heavy atom. The maximum absolute atomic E-state index is 12.5. The molecule has 2 aromatic carbocycles. The summed E-state index contributed by atoms with van der Waals surface area (Å²) in [7, 11) is 0. The molecule has 0 radical (unpaired) electrons. The van der Waals surface area contributed by atoms with Crippen LogP contribution in [0.15, 0.2) is 60.8 Å². The highest BCUT2D eigenvalue weighted by Crippen LogP contribution is 2.24. The van der Waals surface area contributed by atoms with E-state index in [2.05, 4.69) is 35.4 Å². The van der Waals surface area contributed by atoms with Crippen molar-refractivity contribution in [1.82, 2.24) is 15.1 Å². The van der Waals surface area contributed by atoms with Gasteiger partial charge >= 0.3 is 0 Å². The van der Waals surface area contributed by atoms with Crippen molar-refractivity contribution in [2.75, 3.05) is 6.54 Å². The van der Waals surface area contributed by atoms with Crippen LogP contribution in [0.3, 0.4) is 0 Å². The van der Waals surface area contributed by atoms with E-state index >= 15 is 0 Å². The van der Waals surface area contributed by atoms with Crippen molar-refractivity contribution in [2.24, 2.45) is 0 Å². The van der Waals surface area contributed by atoms with Gasteiger partial charge < -0.3 is 5.32 Å². The highest BCUT2D eigenvalue weighted by Gasteiger charge is 2.18. The average Bonchev–Trinajstić information content (AvgIpc) is 3.12. The lowest BCUT2D eigenvalue weighted by Gasteiger charge is -2.03. The summed E-state index contributed by atoms with van der Waals surface area (Å²) in [5.74, 6) is 2.19. The number of nitrogens with one attached hydrogen (secondary N) is 1. The lowest BCUT2D eigenvalue weighted by Crippen LogP contribution is -2.23. The van der Waals surface area contributed by atoms with Gasteiger partial charge in [0.25, 0.3) is 5.91 Å². The molecule has 0 spiro atoms. The monoisotopic (exact) mass is 329 g/mol. The van der Waals surface area contributed by atoms with Gasteiger partial charge in [0.2, 0.25) is 0 Å². The van der Waals surface area contributed by atoms with Crippen LogP contribution in [0.2, 0.25) is 0 Å². The quantitative estimate of drug-likeness (QED) is 0.729. The third kappa shape index (κ3) is 3.61. The molecular weight excluding hydrogens is 310 g/mol. The molecule has 124 valence electrons. The van der Waals surface area contributed by atoms with Gasteiger partial charge in [-0.15, -0.1) is 6.42 Å². The van der Waals surface area contributed by atoms with Crippen molar-refractivity contribution < 1.29 is 4.79 Å². The highest BCUT2D eigenvalue weighted by atomic mass is 16.1. The molecule has 4 heteroatoms. The van der Waals surface area contributed by atoms with Crippen LogP contribution >= 0.6 is 0 Å².